The fourth-order valence-electron chi connectivity index (χ4n) is 11.4. The molecule has 0 aromatic heterocycles. The number of allylic oxidation sites excluding steroid dienone is 25. The quantitative estimate of drug-likeness (QED) is 0.0261. The second-order valence-corrected chi connectivity index (χ2v) is 26.1. The molecule has 9 heteroatoms. The molecule has 1 fully saturated rings. The summed E-state index contributed by atoms with van der Waals surface area (Å²) in [6, 6.07) is -0.843. The zero-order chi connectivity index (χ0) is 67.8. The van der Waals surface area contributed by atoms with Crippen molar-refractivity contribution in [2.24, 2.45) is 0 Å². The normalized spacial score (nSPS) is 18.5. The van der Waals surface area contributed by atoms with Crippen molar-refractivity contribution in [3.63, 3.8) is 0 Å². The zero-order valence-electron chi connectivity index (χ0n) is 60.2. The van der Waals surface area contributed by atoms with Crippen molar-refractivity contribution < 1.29 is 39.8 Å². The van der Waals surface area contributed by atoms with E-state index in [1.807, 2.05) is 6.08 Å². The zero-order valence-corrected chi connectivity index (χ0v) is 60.2. The van der Waals surface area contributed by atoms with Gasteiger partial charge in [-0.2, -0.15) is 0 Å². The highest BCUT2D eigenvalue weighted by molar-refractivity contribution is 5.76. The second kappa shape index (κ2) is 71.6. The Labute approximate surface area is 577 Å². The number of aliphatic hydroxyl groups excluding tert-OH is 5. The Balaban J connectivity index is 2.18. The molecule has 7 atom stereocenters. The molecule has 1 aliphatic rings. The minimum Gasteiger partial charge on any atom is -0.394 e. The largest absolute Gasteiger partial charge is 0.394 e. The first-order valence-electron chi connectivity index (χ1n) is 38.7. The molecule has 0 spiro atoms. The van der Waals surface area contributed by atoms with Crippen molar-refractivity contribution in [2.45, 2.75) is 358 Å². The number of amides is 1. The summed E-state index contributed by atoms with van der Waals surface area (Å²) in [5, 5.41) is 54.8. The van der Waals surface area contributed by atoms with Crippen LogP contribution in [-0.2, 0) is 14.3 Å². The van der Waals surface area contributed by atoms with Gasteiger partial charge in [0, 0.05) is 6.42 Å². The molecule has 0 saturated carbocycles. The monoisotopic (exact) mass is 1310 g/mol. The van der Waals surface area contributed by atoms with E-state index in [0.717, 1.165) is 109 Å². The maximum absolute atomic E-state index is 13.1. The van der Waals surface area contributed by atoms with Gasteiger partial charge in [-0.1, -0.05) is 358 Å². The number of nitrogens with one attached hydrogen (secondary N) is 1. The van der Waals surface area contributed by atoms with Gasteiger partial charge in [-0.15, -0.1) is 0 Å². The summed E-state index contributed by atoms with van der Waals surface area (Å²) in [5.41, 5.74) is 0. The van der Waals surface area contributed by atoms with Crippen LogP contribution in [-0.4, -0.2) is 87.5 Å². The summed E-state index contributed by atoms with van der Waals surface area (Å²) in [6.45, 7) is 3.66. The number of hydrogen-bond donors (Lipinski definition) is 6. The summed E-state index contributed by atoms with van der Waals surface area (Å²) >= 11 is 0. The molecule has 0 aromatic carbocycles. The molecule has 1 amide bonds. The van der Waals surface area contributed by atoms with Gasteiger partial charge in [-0.05, 0) is 109 Å². The fourth-order valence-corrected chi connectivity index (χ4v) is 11.4. The third-order valence-corrected chi connectivity index (χ3v) is 17.4. The lowest BCUT2D eigenvalue weighted by Crippen LogP contribution is -2.60. The van der Waals surface area contributed by atoms with Crippen molar-refractivity contribution >= 4 is 5.91 Å². The first-order valence-corrected chi connectivity index (χ1v) is 38.7. The number of carbonyl (C=O) groups excluding carboxylic acids is 1. The number of ether oxygens (including phenoxy) is 2. The molecule has 1 rings (SSSR count). The second-order valence-electron chi connectivity index (χ2n) is 26.1. The maximum Gasteiger partial charge on any atom is 0.220 e. The summed E-state index contributed by atoms with van der Waals surface area (Å²) in [7, 11) is 0. The highest BCUT2D eigenvalue weighted by Crippen LogP contribution is 2.23. The summed E-state index contributed by atoms with van der Waals surface area (Å²) in [5.74, 6) is -0.222. The number of rotatable bonds is 66. The molecule has 94 heavy (non-hydrogen) atoms. The maximum atomic E-state index is 13.1. The van der Waals surface area contributed by atoms with Gasteiger partial charge in [-0.3, -0.25) is 4.79 Å². The number of hydrogen-bond acceptors (Lipinski definition) is 8. The van der Waals surface area contributed by atoms with Gasteiger partial charge < -0.3 is 40.3 Å². The number of carbonyl (C=O) groups is 1. The Morgan fingerprint density at radius 2 is 0.660 bits per heavy atom. The number of unbranched alkanes of at least 4 members (excludes halogenated alkanes) is 32. The van der Waals surface area contributed by atoms with Gasteiger partial charge in [0.25, 0.3) is 0 Å². The van der Waals surface area contributed by atoms with Crippen molar-refractivity contribution in [3.05, 3.63) is 158 Å². The van der Waals surface area contributed by atoms with E-state index in [1.165, 1.54) is 180 Å². The molecule has 1 heterocycles. The molecule has 7 unspecified atom stereocenters. The van der Waals surface area contributed by atoms with E-state index in [9.17, 15) is 30.3 Å². The van der Waals surface area contributed by atoms with E-state index < -0.39 is 49.5 Å². The van der Waals surface area contributed by atoms with Crippen LogP contribution in [0, 0.1) is 0 Å². The van der Waals surface area contributed by atoms with Gasteiger partial charge in [0.1, 0.15) is 24.4 Å². The molecule has 0 aliphatic carbocycles. The molecule has 0 aromatic rings. The highest BCUT2D eigenvalue weighted by atomic mass is 16.7. The Morgan fingerprint density at radius 1 is 0.372 bits per heavy atom. The van der Waals surface area contributed by atoms with Crippen molar-refractivity contribution in [1.82, 2.24) is 5.32 Å². The van der Waals surface area contributed by atoms with Crippen molar-refractivity contribution in [3.8, 4) is 0 Å². The Hall–Kier alpha value is -4.19. The first-order chi connectivity index (χ1) is 46.3. The average molecular weight is 1310 g/mol. The van der Waals surface area contributed by atoms with E-state index >= 15 is 0 Å². The molecule has 1 aliphatic heterocycles. The third-order valence-electron chi connectivity index (χ3n) is 17.4. The van der Waals surface area contributed by atoms with Crippen LogP contribution in [0.4, 0.5) is 0 Å². The lowest BCUT2D eigenvalue weighted by molar-refractivity contribution is -0.302. The summed E-state index contributed by atoms with van der Waals surface area (Å²) in [4.78, 5) is 13.1. The van der Waals surface area contributed by atoms with E-state index in [0.29, 0.717) is 6.42 Å². The van der Waals surface area contributed by atoms with E-state index in [4.69, 9.17) is 9.47 Å². The molecule has 0 bridgehead atoms. The van der Waals surface area contributed by atoms with E-state index in [2.05, 4.69) is 165 Å². The van der Waals surface area contributed by atoms with E-state index in [1.54, 1.807) is 6.08 Å². The van der Waals surface area contributed by atoms with Crippen LogP contribution >= 0.6 is 0 Å². The van der Waals surface area contributed by atoms with Crippen molar-refractivity contribution in [2.75, 3.05) is 13.2 Å². The van der Waals surface area contributed by atoms with Crippen LogP contribution in [0.1, 0.15) is 316 Å². The van der Waals surface area contributed by atoms with Crippen LogP contribution in [0.2, 0.25) is 0 Å². The standard InChI is InChI=1S/C85H143NO8/c1-3-5-7-9-11-13-15-17-19-21-23-25-27-29-31-33-35-37-38-39-40-41-42-43-45-47-49-51-53-55-57-59-61-63-65-67-69-71-73-75-81(89)86-78(77-93-85-84(92)83(91)82(90)80(76-87)94-85)79(88)74-72-70-68-66-64-62-60-58-56-54-52-50-48-46-44-36-34-32-30-28-26-24-22-20-18-16-14-12-10-8-6-4-2/h5,7,11,13,17,19,23,25,29,31,35,37,39-40,42-43,47,49,53,55,59,61,65,67,72,74,78-80,82-85,87-88,90-92H,3-4,6,8-10,12,14-16,18,20-22,24,26-28,30,32-34,36,38,41,44-46,48,50-52,54,56-58,60,62-64,66,68-71,73,75-77H2,1-2H3,(H,86,89)/b7-5-,13-11-,19-17-,25-23-,31-29-,37-35-,40-39-,43-42-,49-47-,55-53-,61-59-,67-65-,74-72+. The average Bonchev–Trinajstić information content (AvgIpc) is 0.829. The van der Waals surface area contributed by atoms with Gasteiger partial charge in [0.2, 0.25) is 5.91 Å². The lowest BCUT2D eigenvalue weighted by Gasteiger charge is -2.40. The topological polar surface area (TPSA) is 149 Å². The number of aliphatic hydroxyl groups is 5. The molecule has 0 radical (unpaired) electrons. The first kappa shape index (κ1) is 87.8. The predicted molar refractivity (Wildman–Crippen MR) is 405 cm³/mol. The van der Waals surface area contributed by atoms with Crippen LogP contribution in [0.5, 0.6) is 0 Å². The molecule has 1 saturated heterocycles. The fraction of sp³-hybridized carbons (Fsp3) is 0.682. The molecular weight excluding hydrogens is 1160 g/mol. The minimum atomic E-state index is -1.59. The van der Waals surface area contributed by atoms with Gasteiger partial charge in [-0.25, -0.2) is 0 Å². The van der Waals surface area contributed by atoms with E-state index in [-0.39, 0.29) is 18.9 Å². The molecule has 9 nitrogen and oxygen atoms in total. The van der Waals surface area contributed by atoms with Crippen LogP contribution in [0.25, 0.3) is 0 Å². The predicted octanol–water partition coefficient (Wildman–Crippen LogP) is 22.3. The Kier molecular flexibility index (Phi) is 66.9. The SMILES string of the molecule is CC/C=C\C/C=C\C/C=C\C/C=C\C/C=C\C/C=C\C/C=C\C/C=C\C/C=C\C/C=C\C/C=C\C/C=C\CCCCC(=O)NC(COC1OC(CO)C(O)C(O)C1O)C(O)/C=C/CCCCCCCCCCCCCCCCCCCCCCCCCCCCCCCC. The molecule has 536 valence electrons. The van der Waals surface area contributed by atoms with Crippen LogP contribution < -0.4 is 5.32 Å². The Morgan fingerprint density at radius 3 is 0.979 bits per heavy atom. The van der Waals surface area contributed by atoms with Gasteiger partial charge >= 0.3 is 0 Å². The summed E-state index contributed by atoms with van der Waals surface area (Å²) in [6.07, 6.45) is 105. The van der Waals surface area contributed by atoms with Crippen LogP contribution in [0.15, 0.2) is 158 Å². The molecule has 6 N–H and O–H groups in total. The minimum absolute atomic E-state index is 0.215. The Bertz CT molecular complexity index is 2050. The smallest absolute Gasteiger partial charge is 0.220 e. The molecular formula is C85H143NO8. The highest BCUT2D eigenvalue weighted by Gasteiger charge is 2.44. The lowest BCUT2D eigenvalue weighted by atomic mass is 9.99. The van der Waals surface area contributed by atoms with Crippen molar-refractivity contribution in [1.29, 1.82) is 0 Å². The van der Waals surface area contributed by atoms with Gasteiger partial charge in [0.15, 0.2) is 6.29 Å². The van der Waals surface area contributed by atoms with Gasteiger partial charge in [0.05, 0.1) is 25.4 Å². The third kappa shape index (κ3) is 59.1. The van der Waals surface area contributed by atoms with Crippen LogP contribution in [0.3, 0.4) is 0 Å². The summed E-state index contributed by atoms with van der Waals surface area (Å²) < 4.78 is 11.3.